The maximum atomic E-state index is 12.9. The minimum atomic E-state index is -0.523. The molecule has 1 unspecified atom stereocenters. The molecule has 3 atom stereocenters. The lowest BCUT2D eigenvalue weighted by Gasteiger charge is -2.30. The highest BCUT2D eigenvalue weighted by molar-refractivity contribution is 6.00. The molecule has 1 aliphatic heterocycles. The van der Waals surface area contributed by atoms with Gasteiger partial charge in [0.2, 0.25) is 0 Å². The Bertz CT molecular complexity index is 758. The minimum Gasteiger partial charge on any atom is -0.391 e. The molecule has 0 bridgehead atoms. The monoisotopic (exact) mass is 370 g/mol. The average Bonchev–Trinajstić information content (AvgIpc) is 3.32. The van der Waals surface area contributed by atoms with Crippen LogP contribution >= 0.6 is 0 Å². The van der Waals surface area contributed by atoms with Gasteiger partial charge in [-0.3, -0.25) is 9.48 Å². The number of carbonyl (C=O) groups excluding carboxylic acids is 1. The molecule has 1 aromatic carbocycles. The molecule has 2 aliphatic rings. The van der Waals surface area contributed by atoms with Gasteiger partial charge in [0.25, 0.3) is 5.91 Å². The Hall–Kier alpha value is -2.38. The van der Waals surface area contributed by atoms with Crippen molar-refractivity contribution in [2.45, 2.75) is 31.5 Å². The number of nitrogens with zero attached hydrogens (tertiary/aromatic N) is 3. The molecule has 7 heteroatoms. The number of morpholine rings is 1. The molecule has 2 N–H and O–H groups in total. The van der Waals surface area contributed by atoms with Gasteiger partial charge in [-0.1, -0.05) is 12.1 Å². The van der Waals surface area contributed by atoms with E-state index in [4.69, 9.17) is 4.74 Å². The van der Waals surface area contributed by atoms with E-state index >= 15 is 0 Å². The molecule has 1 saturated carbocycles. The zero-order valence-corrected chi connectivity index (χ0v) is 15.3. The molecule has 0 spiro atoms. The maximum absolute atomic E-state index is 12.9. The van der Waals surface area contributed by atoms with Gasteiger partial charge in [0.05, 0.1) is 30.9 Å². The first kappa shape index (κ1) is 18.0. The number of aromatic nitrogens is 2. The molecule has 1 saturated heterocycles. The van der Waals surface area contributed by atoms with Gasteiger partial charge in [-0.25, -0.2) is 0 Å². The number of ether oxygens (including phenoxy) is 1. The first-order valence-corrected chi connectivity index (χ1v) is 9.59. The largest absolute Gasteiger partial charge is 0.391 e. The Kier molecular flexibility index (Phi) is 5.40. The van der Waals surface area contributed by atoms with Crippen molar-refractivity contribution in [2.75, 3.05) is 31.2 Å². The zero-order valence-electron chi connectivity index (χ0n) is 15.3. The number of hydrogen-bond donors (Lipinski definition) is 2. The van der Waals surface area contributed by atoms with Crippen LogP contribution in [0.3, 0.4) is 0 Å². The fourth-order valence-corrected chi connectivity index (χ4v) is 4.09. The molecule has 2 heterocycles. The topological polar surface area (TPSA) is 79.6 Å². The van der Waals surface area contributed by atoms with E-state index in [0.717, 1.165) is 31.7 Å². The zero-order chi connectivity index (χ0) is 18.6. The summed E-state index contributed by atoms with van der Waals surface area (Å²) in [6, 6.07) is 9.33. The van der Waals surface area contributed by atoms with Crippen molar-refractivity contribution in [2.24, 2.45) is 5.92 Å². The van der Waals surface area contributed by atoms with Gasteiger partial charge in [-0.2, -0.15) is 5.10 Å². The second-order valence-electron chi connectivity index (χ2n) is 7.33. The number of nitrogens with one attached hydrogen (secondary N) is 1. The van der Waals surface area contributed by atoms with Crippen LogP contribution in [0.4, 0.5) is 5.69 Å². The van der Waals surface area contributed by atoms with Crippen LogP contribution in [0.1, 0.15) is 23.2 Å². The molecule has 27 heavy (non-hydrogen) atoms. The van der Waals surface area contributed by atoms with Gasteiger partial charge < -0.3 is 20.1 Å². The van der Waals surface area contributed by atoms with Crippen LogP contribution < -0.4 is 10.2 Å². The summed E-state index contributed by atoms with van der Waals surface area (Å²) in [5.41, 5.74) is 1.58. The van der Waals surface area contributed by atoms with Gasteiger partial charge in [-0.15, -0.1) is 0 Å². The van der Waals surface area contributed by atoms with E-state index in [1.54, 1.807) is 6.20 Å². The molecule has 144 valence electrons. The van der Waals surface area contributed by atoms with Crippen LogP contribution in [-0.2, 0) is 11.3 Å². The van der Waals surface area contributed by atoms with Gasteiger partial charge in [0, 0.05) is 37.7 Å². The number of aliphatic hydroxyl groups is 1. The second-order valence-corrected chi connectivity index (χ2v) is 7.33. The average molecular weight is 370 g/mol. The molecule has 1 amide bonds. The van der Waals surface area contributed by atoms with E-state index in [9.17, 15) is 9.90 Å². The van der Waals surface area contributed by atoms with Gasteiger partial charge >= 0.3 is 0 Å². The summed E-state index contributed by atoms with van der Waals surface area (Å²) in [5.74, 6) is 0.181. The molecule has 0 radical (unpaired) electrons. The first-order chi connectivity index (χ1) is 13.2. The molecule has 7 nitrogen and oxygen atoms in total. The molecule has 2 fully saturated rings. The molecule has 1 aliphatic carbocycles. The molecular formula is C20H26N4O3. The van der Waals surface area contributed by atoms with Crippen LogP contribution in [-0.4, -0.2) is 59.2 Å². The predicted octanol–water partition coefficient (Wildman–Crippen LogP) is 1.29. The Labute approximate surface area is 158 Å². The normalized spacial score (nSPS) is 25.5. The van der Waals surface area contributed by atoms with Crippen molar-refractivity contribution in [3.63, 3.8) is 0 Å². The summed E-state index contributed by atoms with van der Waals surface area (Å²) in [6.45, 7) is 3.67. The third-order valence-corrected chi connectivity index (χ3v) is 5.45. The van der Waals surface area contributed by atoms with Crippen LogP contribution in [0.25, 0.3) is 0 Å². The third kappa shape index (κ3) is 4.14. The van der Waals surface area contributed by atoms with E-state index in [0.29, 0.717) is 31.1 Å². The molecule has 2 aromatic rings. The summed E-state index contributed by atoms with van der Waals surface area (Å²) in [5, 5.41) is 17.7. The van der Waals surface area contributed by atoms with Crippen molar-refractivity contribution in [1.29, 1.82) is 0 Å². The number of rotatable bonds is 5. The maximum Gasteiger partial charge on any atom is 0.253 e. The standard InChI is InChI=1S/C20H26N4O3/c25-19-13-15(14-24-7-3-6-21-24)12-17(19)22-20(26)16-4-1-2-5-18(16)23-8-10-27-11-9-23/h1-7,15,17,19,25H,8-14H2,(H,22,26)/t15?,17-,19-/m1/s1. The molecule has 1 aromatic heterocycles. The van der Waals surface area contributed by atoms with E-state index < -0.39 is 6.10 Å². The highest BCUT2D eigenvalue weighted by Crippen LogP contribution is 2.28. The predicted molar refractivity (Wildman–Crippen MR) is 102 cm³/mol. The number of para-hydroxylation sites is 1. The number of anilines is 1. The smallest absolute Gasteiger partial charge is 0.253 e. The van der Waals surface area contributed by atoms with Crippen molar-refractivity contribution in [1.82, 2.24) is 15.1 Å². The number of amides is 1. The fourth-order valence-electron chi connectivity index (χ4n) is 4.09. The third-order valence-electron chi connectivity index (χ3n) is 5.45. The molecule has 4 rings (SSSR count). The number of carbonyl (C=O) groups is 1. The SMILES string of the molecule is O=C(N[C@@H]1CC(Cn2cccn2)C[C@H]1O)c1ccccc1N1CCOCC1. The Morgan fingerprint density at radius 1 is 1.22 bits per heavy atom. The van der Waals surface area contributed by atoms with Gasteiger partial charge in [-0.05, 0) is 37.0 Å². The van der Waals surface area contributed by atoms with E-state index in [1.165, 1.54) is 0 Å². The van der Waals surface area contributed by atoms with Crippen molar-refractivity contribution in [3.05, 3.63) is 48.3 Å². The Morgan fingerprint density at radius 2 is 2.04 bits per heavy atom. The lowest BCUT2D eigenvalue weighted by atomic mass is 10.1. The Morgan fingerprint density at radius 3 is 2.81 bits per heavy atom. The summed E-state index contributed by atoms with van der Waals surface area (Å²) in [4.78, 5) is 15.1. The lowest BCUT2D eigenvalue weighted by Crippen LogP contribution is -2.42. The van der Waals surface area contributed by atoms with Crippen LogP contribution in [0.5, 0.6) is 0 Å². The van der Waals surface area contributed by atoms with Crippen LogP contribution in [0, 0.1) is 5.92 Å². The Balaban J connectivity index is 1.42. The summed E-state index contributed by atoms with van der Waals surface area (Å²) in [6.07, 6.45) is 4.59. The highest BCUT2D eigenvalue weighted by atomic mass is 16.5. The lowest BCUT2D eigenvalue weighted by molar-refractivity contribution is 0.0872. The number of aliphatic hydroxyl groups excluding tert-OH is 1. The fraction of sp³-hybridized carbons (Fsp3) is 0.500. The van der Waals surface area contributed by atoms with Gasteiger partial charge in [0.1, 0.15) is 0 Å². The van der Waals surface area contributed by atoms with Crippen LogP contribution in [0.2, 0.25) is 0 Å². The van der Waals surface area contributed by atoms with E-state index in [-0.39, 0.29) is 11.9 Å². The number of benzene rings is 1. The van der Waals surface area contributed by atoms with Crippen molar-refractivity contribution < 1.29 is 14.6 Å². The minimum absolute atomic E-state index is 0.124. The molecular weight excluding hydrogens is 344 g/mol. The highest BCUT2D eigenvalue weighted by Gasteiger charge is 2.34. The van der Waals surface area contributed by atoms with Crippen molar-refractivity contribution in [3.8, 4) is 0 Å². The summed E-state index contributed by atoms with van der Waals surface area (Å²) in [7, 11) is 0. The van der Waals surface area contributed by atoms with Crippen LogP contribution in [0.15, 0.2) is 42.7 Å². The second kappa shape index (κ2) is 8.10. The van der Waals surface area contributed by atoms with Gasteiger partial charge in [0.15, 0.2) is 0 Å². The van der Waals surface area contributed by atoms with E-state index in [1.807, 2.05) is 41.2 Å². The quantitative estimate of drug-likeness (QED) is 0.829. The van der Waals surface area contributed by atoms with E-state index in [2.05, 4.69) is 15.3 Å². The summed E-state index contributed by atoms with van der Waals surface area (Å²) < 4.78 is 7.30. The number of hydrogen-bond acceptors (Lipinski definition) is 5. The first-order valence-electron chi connectivity index (χ1n) is 9.59. The summed E-state index contributed by atoms with van der Waals surface area (Å²) >= 11 is 0. The van der Waals surface area contributed by atoms with Crippen molar-refractivity contribution >= 4 is 11.6 Å².